The SMILES string of the molecule is CCC[C@H]1CC[C@@H]2C[C@H](C3CCC(C(C)O)CC3)CC[C@@H]2C1. The fourth-order valence-corrected chi connectivity index (χ4v) is 6.22. The first kappa shape index (κ1) is 16.8. The summed E-state index contributed by atoms with van der Waals surface area (Å²) in [4.78, 5) is 0. The van der Waals surface area contributed by atoms with E-state index in [4.69, 9.17) is 0 Å². The highest BCUT2D eigenvalue weighted by Crippen LogP contribution is 2.49. The molecule has 3 aliphatic carbocycles. The van der Waals surface area contributed by atoms with Crippen LogP contribution in [0, 0.1) is 35.5 Å². The van der Waals surface area contributed by atoms with Gasteiger partial charge in [0.2, 0.25) is 0 Å². The van der Waals surface area contributed by atoms with E-state index in [1.54, 1.807) is 12.8 Å². The second-order valence-electron chi connectivity index (χ2n) is 8.98. The topological polar surface area (TPSA) is 20.2 Å². The molecule has 0 aliphatic heterocycles. The number of aliphatic hydroxyl groups is 1. The summed E-state index contributed by atoms with van der Waals surface area (Å²) in [5.74, 6) is 5.82. The Kier molecular flexibility index (Phi) is 5.87. The van der Waals surface area contributed by atoms with Crippen LogP contribution in [0.4, 0.5) is 0 Å². The molecule has 0 amide bonds. The zero-order chi connectivity index (χ0) is 15.5. The van der Waals surface area contributed by atoms with Gasteiger partial charge in [-0.15, -0.1) is 0 Å². The molecule has 0 aromatic carbocycles. The average Bonchev–Trinajstić information content (AvgIpc) is 2.55. The summed E-state index contributed by atoms with van der Waals surface area (Å²) in [5, 5.41) is 9.80. The first-order valence-electron chi connectivity index (χ1n) is 10.3. The maximum Gasteiger partial charge on any atom is 0.0540 e. The van der Waals surface area contributed by atoms with E-state index in [0.29, 0.717) is 5.92 Å². The summed E-state index contributed by atoms with van der Waals surface area (Å²) >= 11 is 0. The normalized spacial score (nSPS) is 44.3. The van der Waals surface area contributed by atoms with Gasteiger partial charge in [-0.2, -0.15) is 0 Å². The molecule has 0 radical (unpaired) electrons. The van der Waals surface area contributed by atoms with Gasteiger partial charge < -0.3 is 5.11 Å². The second-order valence-corrected chi connectivity index (χ2v) is 8.98. The van der Waals surface area contributed by atoms with Crippen molar-refractivity contribution in [1.29, 1.82) is 0 Å². The first-order valence-corrected chi connectivity index (χ1v) is 10.3. The fraction of sp³-hybridized carbons (Fsp3) is 1.00. The first-order chi connectivity index (χ1) is 10.7. The van der Waals surface area contributed by atoms with Gasteiger partial charge in [0, 0.05) is 0 Å². The summed E-state index contributed by atoms with van der Waals surface area (Å²) in [6.07, 6.45) is 17.4. The van der Waals surface area contributed by atoms with Crippen molar-refractivity contribution in [2.24, 2.45) is 35.5 Å². The van der Waals surface area contributed by atoms with Crippen molar-refractivity contribution in [2.45, 2.75) is 97.0 Å². The molecule has 128 valence electrons. The zero-order valence-corrected chi connectivity index (χ0v) is 15.0. The van der Waals surface area contributed by atoms with Crippen molar-refractivity contribution < 1.29 is 5.11 Å². The van der Waals surface area contributed by atoms with Crippen LogP contribution in [0.15, 0.2) is 0 Å². The number of hydrogen-bond acceptors (Lipinski definition) is 1. The van der Waals surface area contributed by atoms with E-state index in [1.807, 2.05) is 6.92 Å². The van der Waals surface area contributed by atoms with Crippen LogP contribution in [0.1, 0.15) is 90.9 Å². The highest BCUT2D eigenvalue weighted by molar-refractivity contribution is 4.89. The third-order valence-electron chi connectivity index (χ3n) is 7.62. The van der Waals surface area contributed by atoms with E-state index in [2.05, 4.69) is 6.92 Å². The molecule has 3 rings (SSSR count). The molecule has 1 N–H and O–H groups in total. The summed E-state index contributed by atoms with van der Waals surface area (Å²) in [6, 6.07) is 0. The Balaban J connectivity index is 1.47. The van der Waals surface area contributed by atoms with Gasteiger partial charge in [0.15, 0.2) is 0 Å². The van der Waals surface area contributed by atoms with E-state index in [9.17, 15) is 5.11 Å². The highest BCUT2D eigenvalue weighted by Gasteiger charge is 2.38. The minimum absolute atomic E-state index is 0.0782. The van der Waals surface area contributed by atoms with Gasteiger partial charge in [-0.3, -0.25) is 0 Å². The number of aliphatic hydroxyl groups excluding tert-OH is 1. The molecule has 0 aromatic rings. The van der Waals surface area contributed by atoms with Crippen molar-refractivity contribution in [3.63, 3.8) is 0 Å². The van der Waals surface area contributed by atoms with Gasteiger partial charge in [-0.1, -0.05) is 26.2 Å². The summed E-state index contributed by atoms with van der Waals surface area (Å²) in [7, 11) is 0. The summed E-state index contributed by atoms with van der Waals surface area (Å²) in [6.45, 7) is 4.34. The molecule has 5 atom stereocenters. The molecule has 1 unspecified atom stereocenters. The van der Waals surface area contributed by atoms with Crippen molar-refractivity contribution in [1.82, 2.24) is 0 Å². The molecule has 3 aliphatic rings. The molecule has 0 spiro atoms. The lowest BCUT2D eigenvalue weighted by molar-refractivity contribution is 0.0396. The minimum Gasteiger partial charge on any atom is -0.393 e. The lowest BCUT2D eigenvalue weighted by Gasteiger charge is -2.45. The average molecular weight is 307 g/mol. The Hall–Kier alpha value is -0.0400. The minimum atomic E-state index is -0.0782. The lowest BCUT2D eigenvalue weighted by Crippen LogP contribution is -2.35. The van der Waals surface area contributed by atoms with Gasteiger partial charge in [-0.05, 0) is 100 Å². The highest BCUT2D eigenvalue weighted by atomic mass is 16.3. The standard InChI is InChI=1S/C21H38O/c1-3-4-16-5-6-21-14-20(12-11-19(21)13-16)18-9-7-17(8-10-18)15(2)22/h15-22H,3-14H2,1-2H3/t15?,16-,17?,18?,19+,20+,21+/m0/s1. The Morgan fingerprint density at radius 3 is 1.95 bits per heavy atom. The molecule has 0 saturated heterocycles. The number of hydrogen-bond donors (Lipinski definition) is 1. The lowest BCUT2D eigenvalue weighted by atomic mass is 9.60. The van der Waals surface area contributed by atoms with Crippen LogP contribution in [0.3, 0.4) is 0 Å². The maximum atomic E-state index is 9.80. The summed E-state index contributed by atoms with van der Waals surface area (Å²) < 4.78 is 0. The van der Waals surface area contributed by atoms with Gasteiger partial charge in [-0.25, -0.2) is 0 Å². The van der Waals surface area contributed by atoms with Crippen LogP contribution in [-0.4, -0.2) is 11.2 Å². The molecule has 0 bridgehead atoms. The molecule has 0 aromatic heterocycles. The third kappa shape index (κ3) is 3.89. The molecule has 1 nitrogen and oxygen atoms in total. The molecule has 0 heterocycles. The van der Waals surface area contributed by atoms with Crippen molar-refractivity contribution in [3.05, 3.63) is 0 Å². The van der Waals surface area contributed by atoms with Gasteiger partial charge >= 0.3 is 0 Å². The quantitative estimate of drug-likeness (QED) is 0.695. The van der Waals surface area contributed by atoms with Crippen LogP contribution >= 0.6 is 0 Å². The second kappa shape index (κ2) is 7.69. The van der Waals surface area contributed by atoms with Crippen molar-refractivity contribution >= 4 is 0 Å². The predicted octanol–water partition coefficient (Wildman–Crippen LogP) is 5.81. The Bertz CT molecular complexity index is 329. The van der Waals surface area contributed by atoms with E-state index in [1.165, 1.54) is 64.2 Å². The number of rotatable bonds is 4. The van der Waals surface area contributed by atoms with Crippen LogP contribution in [-0.2, 0) is 0 Å². The molecule has 3 fully saturated rings. The molecule has 3 saturated carbocycles. The van der Waals surface area contributed by atoms with E-state index < -0.39 is 0 Å². The largest absolute Gasteiger partial charge is 0.393 e. The van der Waals surface area contributed by atoms with Crippen LogP contribution < -0.4 is 0 Å². The monoisotopic (exact) mass is 306 g/mol. The maximum absolute atomic E-state index is 9.80. The van der Waals surface area contributed by atoms with Crippen LogP contribution in [0.5, 0.6) is 0 Å². The van der Waals surface area contributed by atoms with Gasteiger partial charge in [0.1, 0.15) is 0 Å². The molecular weight excluding hydrogens is 268 g/mol. The number of fused-ring (bicyclic) bond motifs is 1. The predicted molar refractivity (Wildman–Crippen MR) is 93.7 cm³/mol. The van der Waals surface area contributed by atoms with Crippen LogP contribution in [0.2, 0.25) is 0 Å². The smallest absolute Gasteiger partial charge is 0.0540 e. The van der Waals surface area contributed by atoms with Crippen LogP contribution in [0.25, 0.3) is 0 Å². The Morgan fingerprint density at radius 1 is 0.773 bits per heavy atom. The third-order valence-corrected chi connectivity index (χ3v) is 7.62. The molecule has 22 heavy (non-hydrogen) atoms. The Labute approximate surface area is 138 Å². The fourth-order valence-electron chi connectivity index (χ4n) is 6.22. The van der Waals surface area contributed by atoms with E-state index in [-0.39, 0.29) is 6.10 Å². The summed E-state index contributed by atoms with van der Waals surface area (Å²) in [5.41, 5.74) is 0. The molecular formula is C21H38O. The zero-order valence-electron chi connectivity index (χ0n) is 15.0. The Morgan fingerprint density at radius 2 is 1.32 bits per heavy atom. The van der Waals surface area contributed by atoms with Gasteiger partial charge in [0.05, 0.1) is 6.10 Å². The molecule has 1 heteroatoms. The van der Waals surface area contributed by atoms with Crippen molar-refractivity contribution in [3.8, 4) is 0 Å². The van der Waals surface area contributed by atoms with Crippen molar-refractivity contribution in [2.75, 3.05) is 0 Å². The van der Waals surface area contributed by atoms with E-state index >= 15 is 0 Å². The van der Waals surface area contributed by atoms with Gasteiger partial charge in [0.25, 0.3) is 0 Å². The van der Waals surface area contributed by atoms with E-state index in [0.717, 1.165) is 29.6 Å².